The number of carbonyl (C=O) groups excluding carboxylic acids is 1. The quantitative estimate of drug-likeness (QED) is 0.214. The number of urea groups is 1. The number of aryl methyl sites for hydroxylation is 2. The van der Waals surface area contributed by atoms with Gasteiger partial charge in [-0.05, 0) is 68.0 Å². The van der Waals surface area contributed by atoms with Crippen LogP contribution in [0.5, 0.6) is 5.88 Å². The number of carbonyl (C=O) groups is 1. The summed E-state index contributed by atoms with van der Waals surface area (Å²) in [5.74, 6) is 0.977. The first-order chi connectivity index (χ1) is 24.1. The summed E-state index contributed by atoms with van der Waals surface area (Å²) in [6, 6.07) is 13.8. The maximum absolute atomic E-state index is 13.0. The number of halogens is 1. The Morgan fingerprint density at radius 2 is 1.76 bits per heavy atom. The van der Waals surface area contributed by atoms with Crippen molar-refractivity contribution in [3.8, 4) is 28.3 Å². The van der Waals surface area contributed by atoms with Crippen LogP contribution >= 0.6 is 11.6 Å². The van der Waals surface area contributed by atoms with E-state index in [1.54, 1.807) is 14.2 Å². The zero-order valence-electron chi connectivity index (χ0n) is 28.3. The molecule has 3 aromatic heterocycles. The molecule has 0 saturated carbocycles. The van der Waals surface area contributed by atoms with Crippen molar-refractivity contribution in [2.24, 2.45) is 14.1 Å². The van der Waals surface area contributed by atoms with Crippen molar-refractivity contribution in [1.82, 2.24) is 40.0 Å². The lowest BCUT2D eigenvalue weighted by Gasteiger charge is -2.18. The second kappa shape index (κ2) is 13.2. The SMILES string of the molecule is COc1nc(-c2cccc(-c3cccc(Nc4ncnc5c4c(=O)n(C)c(=O)n5C)c3C)c2Cl)cc2c1CCC2.O=C1NCC2(CCNC2)N1. The third-order valence-electron chi connectivity index (χ3n) is 9.84. The van der Waals surface area contributed by atoms with Crippen LogP contribution in [-0.4, -0.2) is 62.4 Å². The second-order valence-electron chi connectivity index (χ2n) is 12.9. The number of rotatable bonds is 5. The second-order valence-corrected chi connectivity index (χ2v) is 13.3. The number of anilines is 2. The molecule has 50 heavy (non-hydrogen) atoms. The summed E-state index contributed by atoms with van der Waals surface area (Å²) in [5.41, 5.74) is 6.85. The Bertz CT molecular complexity index is 2280. The van der Waals surface area contributed by atoms with Crippen molar-refractivity contribution < 1.29 is 9.53 Å². The first-order valence-corrected chi connectivity index (χ1v) is 16.9. The Balaban J connectivity index is 0.000000334. The van der Waals surface area contributed by atoms with Gasteiger partial charge in [0.2, 0.25) is 5.88 Å². The molecule has 1 unspecified atom stereocenters. The van der Waals surface area contributed by atoms with Gasteiger partial charge in [-0.2, -0.15) is 0 Å². The Hall–Kier alpha value is -5.27. The Morgan fingerprint density at radius 1 is 0.980 bits per heavy atom. The minimum Gasteiger partial charge on any atom is -0.481 e. The molecule has 2 amide bonds. The van der Waals surface area contributed by atoms with Gasteiger partial charge in [0.1, 0.15) is 17.5 Å². The molecule has 2 saturated heterocycles. The molecule has 1 atom stereocenters. The molecule has 2 fully saturated rings. The van der Waals surface area contributed by atoms with E-state index in [9.17, 15) is 14.4 Å². The third-order valence-corrected chi connectivity index (χ3v) is 10.3. The summed E-state index contributed by atoms with van der Waals surface area (Å²) < 4.78 is 7.99. The number of fused-ring (bicyclic) bond motifs is 2. The van der Waals surface area contributed by atoms with E-state index in [1.807, 2.05) is 43.3 Å². The summed E-state index contributed by atoms with van der Waals surface area (Å²) >= 11 is 7.06. The first kappa shape index (κ1) is 33.2. The summed E-state index contributed by atoms with van der Waals surface area (Å²) in [7, 11) is 4.67. The number of aromatic nitrogens is 5. The van der Waals surface area contributed by atoms with Gasteiger partial charge in [-0.15, -0.1) is 0 Å². The number of pyridine rings is 1. The van der Waals surface area contributed by atoms with Gasteiger partial charge >= 0.3 is 11.7 Å². The van der Waals surface area contributed by atoms with Gasteiger partial charge in [0.15, 0.2) is 5.65 Å². The first-order valence-electron chi connectivity index (χ1n) is 16.5. The summed E-state index contributed by atoms with van der Waals surface area (Å²) in [6.45, 7) is 4.68. The minimum absolute atomic E-state index is 0.0244. The van der Waals surface area contributed by atoms with Gasteiger partial charge in [0.05, 0.1) is 23.4 Å². The van der Waals surface area contributed by atoms with Crippen LogP contribution in [0.25, 0.3) is 33.4 Å². The highest BCUT2D eigenvalue weighted by Crippen LogP contribution is 2.41. The lowest BCUT2D eigenvalue weighted by molar-refractivity contribution is 0.245. The lowest BCUT2D eigenvalue weighted by Crippen LogP contribution is -2.45. The van der Waals surface area contributed by atoms with Crippen molar-refractivity contribution in [3.63, 3.8) is 0 Å². The number of ether oxygens (including phenoxy) is 1. The fourth-order valence-electron chi connectivity index (χ4n) is 7.05. The summed E-state index contributed by atoms with van der Waals surface area (Å²) in [6.07, 6.45) is 5.45. The monoisotopic (exact) mass is 695 g/mol. The Kier molecular flexibility index (Phi) is 8.78. The molecular formula is C36H38ClN9O4. The van der Waals surface area contributed by atoms with Crippen molar-refractivity contribution in [2.45, 2.75) is 38.1 Å². The standard InChI is InChI=1S/C30H27ClN6O3.C6H11N3O/c1-16-18(20-11-6-12-21(25(20)31)23-14-17-8-5-10-19(17)28(35-23)40-4)9-7-13-22(16)34-26-24-27(33-15-32-26)36(2)30(39)37(3)29(24)38;10-5-8-4-6(9-5)1-2-7-3-6/h6-7,9,11-15H,5,8,10H2,1-4H3,(H,32,33,34);7H,1-4H2,(H2,8,9,10). The van der Waals surface area contributed by atoms with E-state index in [0.29, 0.717) is 16.7 Å². The predicted molar refractivity (Wildman–Crippen MR) is 193 cm³/mol. The molecule has 4 N–H and O–H groups in total. The van der Waals surface area contributed by atoms with Crippen LogP contribution in [0, 0.1) is 6.92 Å². The van der Waals surface area contributed by atoms with Gasteiger partial charge < -0.3 is 26.0 Å². The molecule has 5 heterocycles. The fraction of sp³-hybridized carbons (Fsp3) is 0.333. The molecule has 8 rings (SSSR count). The van der Waals surface area contributed by atoms with E-state index in [0.717, 1.165) is 83.5 Å². The molecule has 2 aromatic carbocycles. The van der Waals surface area contributed by atoms with Crippen molar-refractivity contribution >= 4 is 40.2 Å². The molecule has 1 aliphatic carbocycles. The van der Waals surface area contributed by atoms with Gasteiger partial charge in [-0.3, -0.25) is 13.9 Å². The van der Waals surface area contributed by atoms with E-state index in [-0.39, 0.29) is 22.6 Å². The van der Waals surface area contributed by atoms with Gasteiger partial charge in [0, 0.05) is 49.6 Å². The molecule has 258 valence electrons. The van der Waals surface area contributed by atoms with Crippen LogP contribution in [0.2, 0.25) is 5.02 Å². The van der Waals surface area contributed by atoms with E-state index in [4.69, 9.17) is 21.3 Å². The molecular weight excluding hydrogens is 658 g/mol. The number of nitrogens with one attached hydrogen (secondary N) is 4. The average molecular weight is 696 g/mol. The van der Waals surface area contributed by atoms with E-state index >= 15 is 0 Å². The highest BCUT2D eigenvalue weighted by atomic mass is 35.5. The third kappa shape index (κ3) is 5.86. The normalized spacial score (nSPS) is 17.7. The fourth-order valence-corrected chi connectivity index (χ4v) is 7.38. The van der Waals surface area contributed by atoms with E-state index < -0.39 is 11.2 Å². The molecule has 5 aromatic rings. The number of methoxy groups -OCH3 is 1. The molecule has 3 aliphatic rings. The van der Waals surface area contributed by atoms with Crippen molar-refractivity contribution in [3.05, 3.63) is 91.3 Å². The molecule has 2 aliphatic heterocycles. The number of benzene rings is 2. The maximum atomic E-state index is 13.0. The van der Waals surface area contributed by atoms with Crippen LogP contribution in [0.1, 0.15) is 29.5 Å². The summed E-state index contributed by atoms with van der Waals surface area (Å²) in [4.78, 5) is 49.5. The zero-order valence-corrected chi connectivity index (χ0v) is 29.1. The molecule has 13 nitrogen and oxygen atoms in total. The molecule has 0 bridgehead atoms. The average Bonchev–Trinajstić information content (AvgIpc) is 3.89. The zero-order chi connectivity index (χ0) is 35.2. The molecule has 1 spiro atoms. The largest absolute Gasteiger partial charge is 0.481 e. The van der Waals surface area contributed by atoms with Gasteiger partial charge in [0.25, 0.3) is 5.56 Å². The van der Waals surface area contributed by atoms with Crippen LogP contribution in [0.4, 0.5) is 16.3 Å². The maximum Gasteiger partial charge on any atom is 0.332 e. The highest BCUT2D eigenvalue weighted by molar-refractivity contribution is 6.36. The van der Waals surface area contributed by atoms with Crippen LogP contribution in [0.3, 0.4) is 0 Å². The van der Waals surface area contributed by atoms with E-state index in [2.05, 4.69) is 37.3 Å². The van der Waals surface area contributed by atoms with Crippen LogP contribution < -0.4 is 37.3 Å². The number of hydrogen-bond acceptors (Lipinski definition) is 9. The number of nitrogens with zero attached hydrogens (tertiary/aromatic N) is 5. The topological polar surface area (TPSA) is 157 Å². The lowest BCUT2D eigenvalue weighted by atomic mass is 9.96. The minimum atomic E-state index is -0.469. The van der Waals surface area contributed by atoms with Gasteiger partial charge in [-0.25, -0.2) is 24.5 Å². The number of hydrogen-bond donors (Lipinski definition) is 4. The predicted octanol–water partition coefficient (Wildman–Crippen LogP) is 3.99. The van der Waals surface area contributed by atoms with Crippen LogP contribution in [-0.2, 0) is 26.9 Å². The molecule has 14 heteroatoms. The van der Waals surface area contributed by atoms with Crippen molar-refractivity contribution in [1.29, 1.82) is 0 Å². The Labute approximate surface area is 293 Å². The Morgan fingerprint density at radius 3 is 2.50 bits per heavy atom. The van der Waals surface area contributed by atoms with Crippen LogP contribution in [0.15, 0.2) is 58.4 Å². The van der Waals surface area contributed by atoms with Crippen molar-refractivity contribution in [2.75, 3.05) is 32.1 Å². The van der Waals surface area contributed by atoms with E-state index in [1.165, 1.54) is 29.1 Å². The smallest absolute Gasteiger partial charge is 0.332 e. The summed E-state index contributed by atoms with van der Waals surface area (Å²) in [5, 5.41) is 13.0. The van der Waals surface area contributed by atoms with Gasteiger partial charge in [-0.1, -0.05) is 41.9 Å². The number of amides is 2. The highest BCUT2D eigenvalue weighted by Gasteiger charge is 2.39. The molecule has 0 radical (unpaired) electrons.